The molecule has 1 aromatic heterocycles. The summed E-state index contributed by atoms with van der Waals surface area (Å²) in [5, 5.41) is 12.0. The van der Waals surface area contributed by atoms with Gasteiger partial charge in [0.2, 0.25) is 0 Å². The maximum Gasteiger partial charge on any atom is 0.407 e. The predicted octanol–water partition coefficient (Wildman–Crippen LogP) is 2.30. The fraction of sp³-hybridized carbons (Fsp3) is 0.429. The maximum absolute atomic E-state index is 11.4. The van der Waals surface area contributed by atoms with Gasteiger partial charge in [-0.3, -0.25) is 0 Å². The van der Waals surface area contributed by atoms with Crippen molar-refractivity contribution in [1.82, 2.24) is 10.3 Å². The molecule has 0 spiro atoms. The minimum atomic E-state index is -0.493. The zero-order valence-corrected chi connectivity index (χ0v) is 12.0. The second-order valence-corrected chi connectivity index (χ2v) is 5.29. The molecule has 0 bridgehead atoms. The number of rotatable bonds is 4. The molecule has 110 valence electrons. The zero-order chi connectivity index (χ0) is 15.2. The van der Waals surface area contributed by atoms with Crippen LogP contribution in [-0.2, 0) is 4.74 Å². The van der Waals surface area contributed by atoms with Gasteiger partial charge in [-0.25, -0.2) is 9.78 Å². The first kappa shape index (κ1) is 15.8. The number of alkyl carbamates (subject to hydrolysis) is 1. The molecule has 6 heteroatoms. The molecule has 0 aromatic carbocycles. The Labute approximate surface area is 118 Å². The summed E-state index contributed by atoms with van der Waals surface area (Å²) in [5.74, 6) is 0.0628. The number of hydrogen-bond donors (Lipinski definition) is 3. The van der Waals surface area contributed by atoms with E-state index in [1.54, 1.807) is 12.3 Å². The molecule has 1 rings (SSSR count). The number of pyridine rings is 1. The van der Waals surface area contributed by atoms with E-state index < -0.39 is 11.7 Å². The molecule has 4 N–H and O–H groups in total. The van der Waals surface area contributed by atoms with Gasteiger partial charge in [-0.2, -0.15) is 0 Å². The summed E-state index contributed by atoms with van der Waals surface area (Å²) in [5.41, 5.74) is 5.65. The monoisotopic (exact) mass is 279 g/mol. The first-order chi connectivity index (χ1) is 9.28. The summed E-state index contributed by atoms with van der Waals surface area (Å²) >= 11 is 0. The van der Waals surface area contributed by atoms with Gasteiger partial charge in [-0.15, -0.1) is 0 Å². The minimum absolute atomic E-state index is 0.0426. The number of ether oxygens (including phenoxy) is 1. The van der Waals surface area contributed by atoms with Crippen LogP contribution in [0.25, 0.3) is 6.08 Å². The van der Waals surface area contributed by atoms with Gasteiger partial charge in [0.25, 0.3) is 0 Å². The number of nitrogens with one attached hydrogen (secondary N) is 1. The lowest BCUT2D eigenvalue weighted by molar-refractivity contribution is 0.0529. The van der Waals surface area contributed by atoms with Crippen LogP contribution in [0.5, 0.6) is 5.75 Å². The number of nitrogen functional groups attached to an aromatic ring is 1. The first-order valence-corrected chi connectivity index (χ1v) is 6.36. The van der Waals surface area contributed by atoms with E-state index in [2.05, 4.69) is 10.3 Å². The van der Waals surface area contributed by atoms with Crippen LogP contribution < -0.4 is 11.1 Å². The average Bonchev–Trinajstić information content (AvgIpc) is 2.31. The third-order valence-electron chi connectivity index (χ3n) is 2.21. The van der Waals surface area contributed by atoms with Gasteiger partial charge >= 0.3 is 6.09 Å². The highest BCUT2D eigenvalue weighted by atomic mass is 16.6. The van der Waals surface area contributed by atoms with Gasteiger partial charge in [0.05, 0.1) is 0 Å². The maximum atomic E-state index is 11.4. The molecular weight excluding hydrogens is 258 g/mol. The Kier molecular flexibility index (Phi) is 5.37. The highest BCUT2D eigenvalue weighted by Crippen LogP contribution is 2.18. The number of anilines is 1. The van der Waals surface area contributed by atoms with Crippen molar-refractivity contribution in [2.45, 2.75) is 32.8 Å². The molecule has 0 atom stereocenters. The van der Waals surface area contributed by atoms with Crippen molar-refractivity contribution in [3.63, 3.8) is 0 Å². The molecule has 1 aromatic rings. The molecule has 0 unspecified atom stereocenters. The number of carbonyl (C=O) groups is 1. The smallest absolute Gasteiger partial charge is 0.407 e. The highest BCUT2D eigenvalue weighted by Gasteiger charge is 2.15. The van der Waals surface area contributed by atoms with Gasteiger partial charge in [0.1, 0.15) is 5.60 Å². The number of nitrogens with two attached hydrogens (primary N) is 1. The van der Waals surface area contributed by atoms with Crippen molar-refractivity contribution in [3.05, 3.63) is 23.9 Å². The molecule has 20 heavy (non-hydrogen) atoms. The molecule has 0 aliphatic heterocycles. The molecule has 1 heterocycles. The van der Waals surface area contributed by atoms with Gasteiger partial charge in [0, 0.05) is 12.7 Å². The molecule has 6 nitrogen and oxygen atoms in total. The lowest BCUT2D eigenvalue weighted by Gasteiger charge is -2.19. The second-order valence-electron chi connectivity index (χ2n) is 5.29. The van der Waals surface area contributed by atoms with Crippen LogP contribution >= 0.6 is 0 Å². The molecular formula is C14H21N3O3. The third kappa shape index (κ3) is 6.08. The fourth-order valence-electron chi connectivity index (χ4n) is 1.36. The summed E-state index contributed by atoms with van der Waals surface area (Å²) in [7, 11) is 0. The van der Waals surface area contributed by atoms with Crippen molar-refractivity contribution in [2.24, 2.45) is 0 Å². The van der Waals surface area contributed by atoms with E-state index in [-0.39, 0.29) is 11.6 Å². The predicted molar refractivity (Wildman–Crippen MR) is 78.2 cm³/mol. The molecule has 0 aliphatic rings. The largest absolute Gasteiger partial charge is 0.504 e. The number of amides is 1. The molecule has 0 aliphatic carbocycles. The van der Waals surface area contributed by atoms with E-state index in [1.165, 1.54) is 6.07 Å². The summed E-state index contributed by atoms with van der Waals surface area (Å²) in [4.78, 5) is 15.2. The number of carbonyl (C=O) groups excluding carboxylic acids is 1. The van der Waals surface area contributed by atoms with Crippen LogP contribution in [0.3, 0.4) is 0 Å². The molecule has 0 fully saturated rings. The second kappa shape index (κ2) is 6.79. The van der Waals surface area contributed by atoms with Crippen LogP contribution in [0, 0.1) is 0 Å². The summed E-state index contributed by atoms with van der Waals surface area (Å²) < 4.78 is 5.10. The third-order valence-corrected chi connectivity index (χ3v) is 2.21. The van der Waals surface area contributed by atoms with Crippen LogP contribution in [0.4, 0.5) is 10.6 Å². The number of aromatic hydroxyl groups is 1. The minimum Gasteiger partial charge on any atom is -0.504 e. The molecule has 1 amide bonds. The van der Waals surface area contributed by atoms with Crippen LogP contribution in [0.15, 0.2) is 18.3 Å². The normalized spacial score (nSPS) is 11.6. The van der Waals surface area contributed by atoms with Crippen LogP contribution in [-0.4, -0.2) is 28.3 Å². The van der Waals surface area contributed by atoms with Gasteiger partial charge < -0.3 is 20.9 Å². The van der Waals surface area contributed by atoms with Gasteiger partial charge in [0.15, 0.2) is 11.6 Å². The SMILES string of the molecule is CC(C)(C)OC(=O)NCCC=Cc1cnc(N)c(O)c1. The van der Waals surface area contributed by atoms with Gasteiger partial charge in [-0.1, -0.05) is 12.2 Å². The lowest BCUT2D eigenvalue weighted by Crippen LogP contribution is -2.32. The van der Waals surface area contributed by atoms with E-state index in [1.807, 2.05) is 26.8 Å². The Morgan fingerprint density at radius 3 is 2.85 bits per heavy atom. The average molecular weight is 279 g/mol. The molecule has 0 saturated carbocycles. The van der Waals surface area contributed by atoms with Crippen LogP contribution in [0.2, 0.25) is 0 Å². The number of aromatic nitrogens is 1. The Morgan fingerprint density at radius 1 is 1.55 bits per heavy atom. The van der Waals surface area contributed by atoms with E-state index in [9.17, 15) is 9.90 Å². The number of hydrogen-bond acceptors (Lipinski definition) is 5. The van der Waals surface area contributed by atoms with E-state index in [4.69, 9.17) is 10.5 Å². The van der Waals surface area contributed by atoms with Crippen molar-refractivity contribution in [3.8, 4) is 5.75 Å². The van der Waals surface area contributed by atoms with Crippen molar-refractivity contribution in [1.29, 1.82) is 0 Å². The Hall–Kier alpha value is -2.24. The first-order valence-electron chi connectivity index (χ1n) is 6.36. The summed E-state index contributed by atoms with van der Waals surface area (Å²) in [6.45, 7) is 5.91. The quantitative estimate of drug-likeness (QED) is 0.735. The topological polar surface area (TPSA) is 97.5 Å². The van der Waals surface area contributed by atoms with Crippen molar-refractivity contribution < 1.29 is 14.6 Å². The van der Waals surface area contributed by atoms with Crippen LogP contribution in [0.1, 0.15) is 32.8 Å². The summed E-state index contributed by atoms with van der Waals surface area (Å²) in [6, 6.07) is 1.53. The zero-order valence-electron chi connectivity index (χ0n) is 12.0. The Bertz CT molecular complexity index is 493. The van der Waals surface area contributed by atoms with Gasteiger partial charge in [-0.05, 0) is 38.8 Å². The Balaban J connectivity index is 2.32. The van der Waals surface area contributed by atoms with E-state index in [0.29, 0.717) is 13.0 Å². The van der Waals surface area contributed by atoms with Crippen molar-refractivity contribution >= 4 is 18.0 Å². The molecule has 0 saturated heterocycles. The van der Waals surface area contributed by atoms with E-state index in [0.717, 1.165) is 5.56 Å². The lowest BCUT2D eigenvalue weighted by atomic mass is 10.2. The van der Waals surface area contributed by atoms with E-state index >= 15 is 0 Å². The summed E-state index contributed by atoms with van der Waals surface area (Å²) in [6.07, 6.45) is 5.43. The number of nitrogens with zero attached hydrogens (tertiary/aromatic N) is 1. The molecule has 0 radical (unpaired) electrons. The standard InChI is InChI=1S/C14H21N3O3/c1-14(2,3)20-13(19)16-7-5-4-6-10-8-11(18)12(15)17-9-10/h4,6,8-9,18H,5,7H2,1-3H3,(H2,15,17)(H,16,19). The fourth-order valence-corrected chi connectivity index (χ4v) is 1.36. The highest BCUT2D eigenvalue weighted by molar-refractivity contribution is 5.67. The Morgan fingerprint density at radius 2 is 2.25 bits per heavy atom. The van der Waals surface area contributed by atoms with Crippen molar-refractivity contribution in [2.75, 3.05) is 12.3 Å².